The van der Waals surface area contributed by atoms with E-state index in [4.69, 9.17) is 15.5 Å². The zero-order valence-corrected chi connectivity index (χ0v) is 29.3. The second-order valence-electron chi connectivity index (χ2n) is 11.2. The summed E-state index contributed by atoms with van der Waals surface area (Å²) < 4.78 is 6.68. The van der Waals surface area contributed by atoms with Crippen LogP contribution in [-0.2, 0) is 4.74 Å². The molecule has 2 aliphatic carbocycles. The fourth-order valence-electron chi connectivity index (χ4n) is 5.31. The molecule has 0 fully saturated rings. The van der Waals surface area contributed by atoms with Gasteiger partial charge in [-0.1, -0.05) is 92.2 Å². The van der Waals surface area contributed by atoms with Crippen LogP contribution in [0.15, 0.2) is 110 Å². The molecule has 0 bridgehead atoms. The summed E-state index contributed by atoms with van der Waals surface area (Å²) in [5.41, 5.74) is 14.1. The summed E-state index contributed by atoms with van der Waals surface area (Å²) in [6, 6.07) is 0. The molecule has 0 aromatic heterocycles. The molecule has 0 radical (unpaired) electrons. The third-order valence-electron chi connectivity index (χ3n) is 7.70. The van der Waals surface area contributed by atoms with Gasteiger partial charge in [0.05, 0.1) is 5.70 Å². The van der Waals surface area contributed by atoms with Crippen LogP contribution in [-0.4, -0.2) is 67.9 Å². The smallest absolute Gasteiger partial charge is 0.214 e. The van der Waals surface area contributed by atoms with E-state index in [1.807, 2.05) is 50.9 Å². The number of ether oxygens (including phenoxy) is 1. The first kappa shape index (κ1) is 37.3. The monoisotopic (exact) mass is 619 g/mol. The Hall–Kier alpha value is -2.84. The van der Waals surface area contributed by atoms with Crippen molar-refractivity contribution in [1.29, 1.82) is 0 Å². The highest BCUT2D eigenvalue weighted by molar-refractivity contribution is 7.84. The second-order valence-corrected chi connectivity index (χ2v) is 11.8. The van der Waals surface area contributed by atoms with Crippen molar-refractivity contribution in [2.24, 2.45) is 10.7 Å². The van der Waals surface area contributed by atoms with E-state index in [-0.39, 0.29) is 6.10 Å². The van der Waals surface area contributed by atoms with Crippen molar-refractivity contribution in [3.63, 3.8) is 0 Å². The van der Waals surface area contributed by atoms with Crippen molar-refractivity contribution in [2.45, 2.75) is 80.1 Å². The average molecular weight is 620 g/mol. The summed E-state index contributed by atoms with van der Waals surface area (Å²) in [5, 5.41) is 3.65. The van der Waals surface area contributed by atoms with Crippen molar-refractivity contribution in [3.05, 3.63) is 105 Å². The van der Waals surface area contributed by atoms with Gasteiger partial charge in [-0.15, -0.1) is 12.6 Å². The molecule has 6 nitrogen and oxygen atoms in total. The van der Waals surface area contributed by atoms with E-state index in [2.05, 4.69) is 99.1 Å². The zero-order chi connectivity index (χ0) is 32.5. The Kier molecular flexibility index (Phi) is 17.2. The third kappa shape index (κ3) is 12.3. The van der Waals surface area contributed by atoms with Gasteiger partial charge in [-0.2, -0.15) is 0 Å². The number of nitrogens with zero attached hydrogens (tertiary/aromatic N) is 3. The molecule has 2 unspecified atom stereocenters. The fraction of sp³-hybridized carbons (Fsp3) is 0.486. The summed E-state index contributed by atoms with van der Waals surface area (Å²) >= 11 is 4.49. The van der Waals surface area contributed by atoms with Crippen molar-refractivity contribution >= 4 is 18.5 Å². The van der Waals surface area contributed by atoms with Gasteiger partial charge in [0.25, 0.3) is 0 Å². The molecule has 242 valence electrons. The van der Waals surface area contributed by atoms with Crippen LogP contribution < -0.4 is 11.1 Å². The number of likely N-dealkylation sites (N-methyl/N-ethyl adjacent to an activating group) is 2. The van der Waals surface area contributed by atoms with Gasteiger partial charge in [0.1, 0.15) is 6.10 Å². The van der Waals surface area contributed by atoms with Crippen molar-refractivity contribution < 1.29 is 4.74 Å². The Bertz CT molecular complexity index is 1240. The summed E-state index contributed by atoms with van der Waals surface area (Å²) in [4.78, 5) is 10.2. The minimum absolute atomic E-state index is 0.112. The molecule has 44 heavy (non-hydrogen) atoms. The first-order valence-electron chi connectivity index (χ1n) is 16.2. The number of thiol groups is 1. The molecule has 0 saturated carbocycles. The van der Waals surface area contributed by atoms with Crippen molar-refractivity contribution in [3.8, 4) is 0 Å². The standard InChI is InChI=1S/C35H51N5OS.C2H6/c1-7-9-10-11-14-26(3)24-40(8-2)25-30(23-37-22-29-17-13-18-31(42)20-19-29)41-33-21-32(39(6)35(36)38-33)34-27(4)15-12-16-28(34)5;1-2/h7,9-11,13-15,17-18,20-21,30,35,37,42H,8,12,16,19,22-25,36H2,1-6H3;1-2H3/b9-7-,11-10-,26-14+;. The van der Waals surface area contributed by atoms with Crippen LogP contribution in [0.25, 0.3) is 0 Å². The average Bonchev–Trinajstić information content (AvgIpc) is 3.21. The molecule has 0 saturated heterocycles. The lowest BCUT2D eigenvalue weighted by Gasteiger charge is -2.35. The molecule has 2 atom stereocenters. The first-order chi connectivity index (χ1) is 21.2. The minimum Gasteiger partial charge on any atom is -0.472 e. The number of allylic oxidation sites excluding steroid dienone is 12. The van der Waals surface area contributed by atoms with Crippen LogP contribution in [0.4, 0.5) is 0 Å². The molecular weight excluding hydrogens is 563 g/mol. The molecule has 0 spiro atoms. The molecule has 3 N–H and O–H groups in total. The zero-order valence-electron chi connectivity index (χ0n) is 28.4. The van der Waals surface area contributed by atoms with Gasteiger partial charge in [0.2, 0.25) is 5.90 Å². The molecule has 3 rings (SSSR count). The maximum Gasteiger partial charge on any atom is 0.214 e. The second kappa shape index (κ2) is 20.2. The summed E-state index contributed by atoms with van der Waals surface area (Å²) in [6.45, 7) is 18.8. The topological polar surface area (TPSA) is 66.1 Å². The normalized spacial score (nSPS) is 20.2. The largest absolute Gasteiger partial charge is 0.472 e. The summed E-state index contributed by atoms with van der Waals surface area (Å²) in [5.74, 6) is 0.595. The Morgan fingerprint density at radius 2 is 2.02 bits per heavy atom. The molecule has 7 heteroatoms. The number of hydrogen-bond acceptors (Lipinski definition) is 7. The van der Waals surface area contributed by atoms with E-state index in [9.17, 15) is 0 Å². The van der Waals surface area contributed by atoms with E-state index in [0.717, 1.165) is 56.0 Å². The Labute approximate surface area is 273 Å². The van der Waals surface area contributed by atoms with E-state index >= 15 is 0 Å². The van der Waals surface area contributed by atoms with Crippen LogP contribution in [0, 0.1) is 0 Å². The maximum absolute atomic E-state index is 6.68. The molecule has 3 aliphatic rings. The molecular formula is C37H57N5OS. The lowest BCUT2D eigenvalue weighted by molar-refractivity contribution is 0.127. The van der Waals surface area contributed by atoms with Crippen LogP contribution in [0.1, 0.15) is 67.7 Å². The predicted molar refractivity (Wildman–Crippen MR) is 195 cm³/mol. The third-order valence-corrected chi connectivity index (χ3v) is 8.04. The quantitative estimate of drug-likeness (QED) is 0.146. The molecule has 0 aromatic rings. The number of hydrogen-bond donors (Lipinski definition) is 3. The van der Waals surface area contributed by atoms with E-state index in [1.54, 1.807) is 0 Å². The van der Waals surface area contributed by atoms with Gasteiger partial charge in [-0.05, 0) is 70.7 Å². The number of aliphatic imine (C=N–C) groups is 1. The molecule has 1 heterocycles. The molecule has 0 amide bonds. The van der Waals surface area contributed by atoms with Crippen molar-refractivity contribution in [1.82, 2.24) is 15.1 Å². The first-order valence-corrected chi connectivity index (χ1v) is 16.6. The van der Waals surface area contributed by atoms with Crippen LogP contribution >= 0.6 is 12.6 Å². The van der Waals surface area contributed by atoms with Gasteiger partial charge in [0, 0.05) is 44.2 Å². The summed E-state index contributed by atoms with van der Waals surface area (Å²) in [6.07, 6.45) is 25.6. The predicted octanol–water partition coefficient (Wildman–Crippen LogP) is 7.61. The highest BCUT2D eigenvalue weighted by Crippen LogP contribution is 2.33. The summed E-state index contributed by atoms with van der Waals surface area (Å²) in [7, 11) is 2.01. The Balaban J connectivity index is 0.00000330. The fourth-order valence-corrected chi connectivity index (χ4v) is 5.48. The van der Waals surface area contributed by atoms with Crippen LogP contribution in [0.5, 0.6) is 0 Å². The highest BCUT2D eigenvalue weighted by atomic mass is 32.1. The Morgan fingerprint density at radius 3 is 2.73 bits per heavy atom. The van der Waals surface area contributed by atoms with Crippen LogP contribution in [0.2, 0.25) is 0 Å². The van der Waals surface area contributed by atoms with Gasteiger partial charge in [0.15, 0.2) is 6.29 Å². The van der Waals surface area contributed by atoms with E-state index < -0.39 is 6.29 Å². The van der Waals surface area contributed by atoms with Gasteiger partial charge in [-0.25, -0.2) is 4.99 Å². The van der Waals surface area contributed by atoms with Gasteiger partial charge >= 0.3 is 0 Å². The minimum atomic E-state index is -0.495. The molecule has 0 aromatic carbocycles. The lowest BCUT2D eigenvalue weighted by atomic mass is 9.89. The van der Waals surface area contributed by atoms with Gasteiger partial charge in [-0.3, -0.25) is 10.6 Å². The van der Waals surface area contributed by atoms with E-state index in [0.29, 0.717) is 12.4 Å². The van der Waals surface area contributed by atoms with Crippen molar-refractivity contribution in [2.75, 3.05) is 39.8 Å². The highest BCUT2D eigenvalue weighted by Gasteiger charge is 2.27. The number of rotatable bonds is 13. The number of nitrogens with two attached hydrogens (primary N) is 1. The van der Waals surface area contributed by atoms with E-state index in [1.165, 1.54) is 27.9 Å². The van der Waals surface area contributed by atoms with Crippen LogP contribution in [0.3, 0.4) is 0 Å². The number of nitrogens with one attached hydrogen (secondary N) is 1. The lowest BCUT2D eigenvalue weighted by Crippen LogP contribution is -2.45. The SMILES string of the molecule is CC.C\C=C/C=C\C=C(/C)CN(CC)CC(CNCC1=CC=CC(S)=CC1)OC1=NC(N)N(C)C(C2=C(C)CCC=C2C)=C1. The van der Waals surface area contributed by atoms with Gasteiger partial charge < -0.3 is 15.0 Å². The maximum atomic E-state index is 6.68. The Morgan fingerprint density at radius 1 is 1.25 bits per heavy atom. The molecule has 1 aliphatic heterocycles.